The number of hydrogen-bond acceptors (Lipinski definition) is 6. The molecule has 8 nitrogen and oxygen atoms in total. The summed E-state index contributed by atoms with van der Waals surface area (Å²) in [6.45, 7) is 4.70. The van der Waals surface area contributed by atoms with E-state index in [1.54, 1.807) is 0 Å². The van der Waals surface area contributed by atoms with E-state index in [0.29, 0.717) is 19.3 Å². The van der Waals surface area contributed by atoms with Crippen LogP contribution in [-0.4, -0.2) is 80.6 Å². The molecule has 0 aliphatic carbocycles. The summed E-state index contributed by atoms with van der Waals surface area (Å²) in [4.78, 5) is 37.1. The largest absolute Gasteiger partial charge is 0.477 e. The van der Waals surface area contributed by atoms with Gasteiger partial charge in [0.1, 0.15) is 6.61 Å². The van der Waals surface area contributed by atoms with Gasteiger partial charge in [0, 0.05) is 19.3 Å². The first kappa shape index (κ1) is 57.3. The van der Waals surface area contributed by atoms with Crippen molar-refractivity contribution in [3.8, 4) is 0 Å². The molecule has 0 aromatic rings. The molecule has 0 fully saturated rings. The standard InChI is InChI=1S/C52H93NO7/c1-6-8-10-12-14-16-18-20-22-24-26-28-30-32-34-36-38-40-42-50(54)59-47-48(46-58-45-44-49(52(56)57)53(3,4)5)60-51(55)43-41-39-37-35-33-31-29-27-25-23-21-19-17-15-13-11-9-7-2/h19,21,23,25-29,48-49H,6-18,20,22,24,30-47H2,1-5H3/p+1/b21-19+,25-23+,28-26+,29-27+. The van der Waals surface area contributed by atoms with Crippen molar-refractivity contribution >= 4 is 17.9 Å². The van der Waals surface area contributed by atoms with Crippen LogP contribution in [0.3, 0.4) is 0 Å². The lowest BCUT2D eigenvalue weighted by atomic mass is 10.1. The van der Waals surface area contributed by atoms with Crippen molar-refractivity contribution in [3.05, 3.63) is 48.6 Å². The minimum atomic E-state index is -0.880. The van der Waals surface area contributed by atoms with Gasteiger partial charge in [0.25, 0.3) is 0 Å². The molecule has 348 valence electrons. The van der Waals surface area contributed by atoms with Crippen LogP contribution in [0.15, 0.2) is 48.6 Å². The number of nitrogens with zero attached hydrogens (tertiary/aromatic N) is 1. The molecule has 1 N–H and O–H groups in total. The SMILES string of the molecule is CCCCCCC/C=C/C=C/C=C/CCCCCCCC(=O)OC(COCCC(C(=O)O)[N+](C)(C)C)COC(=O)CCCCCCC/C=C/CCCCCCCCCCC. The average Bonchev–Trinajstić information content (AvgIpc) is 3.21. The first-order valence-electron chi connectivity index (χ1n) is 24.7. The molecule has 0 saturated heterocycles. The Balaban J connectivity index is 4.34. The molecule has 0 aliphatic heterocycles. The number of esters is 2. The van der Waals surface area contributed by atoms with Crippen molar-refractivity contribution in [2.24, 2.45) is 0 Å². The Morgan fingerprint density at radius 3 is 1.33 bits per heavy atom. The summed E-state index contributed by atoms with van der Waals surface area (Å²) in [5, 5.41) is 9.64. The predicted octanol–water partition coefficient (Wildman–Crippen LogP) is 14.0. The maximum absolute atomic E-state index is 12.8. The van der Waals surface area contributed by atoms with E-state index in [4.69, 9.17) is 14.2 Å². The van der Waals surface area contributed by atoms with Crippen LogP contribution in [0.5, 0.6) is 0 Å². The third-order valence-corrected chi connectivity index (χ3v) is 11.0. The van der Waals surface area contributed by atoms with E-state index in [-0.39, 0.29) is 36.2 Å². The van der Waals surface area contributed by atoms with Crippen molar-refractivity contribution in [2.45, 2.75) is 225 Å². The first-order chi connectivity index (χ1) is 29.1. The van der Waals surface area contributed by atoms with Gasteiger partial charge in [0.15, 0.2) is 12.1 Å². The van der Waals surface area contributed by atoms with Gasteiger partial charge >= 0.3 is 17.9 Å². The lowest BCUT2D eigenvalue weighted by Crippen LogP contribution is -2.50. The summed E-state index contributed by atoms with van der Waals surface area (Å²) in [5.74, 6) is -1.50. The molecule has 0 rings (SSSR count). The smallest absolute Gasteiger partial charge is 0.362 e. The van der Waals surface area contributed by atoms with Crippen molar-refractivity contribution in [1.82, 2.24) is 0 Å². The number of carbonyl (C=O) groups is 3. The Morgan fingerprint density at radius 1 is 0.500 bits per heavy atom. The molecular formula is C52H94NO7+. The number of rotatable bonds is 44. The molecule has 0 heterocycles. The molecular weight excluding hydrogens is 751 g/mol. The normalized spacial score (nSPS) is 13.3. The molecule has 0 aromatic carbocycles. The number of unbranched alkanes of at least 4 members (excludes halogenated alkanes) is 24. The quantitative estimate of drug-likeness (QED) is 0.0214. The number of quaternary nitrogens is 1. The van der Waals surface area contributed by atoms with Gasteiger partial charge in [-0.15, -0.1) is 0 Å². The van der Waals surface area contributed by atoms with Crippen LogP contribution < -0.4 is 0 Å². The van der Waals surface area contributed by atoms with E-state index in [9.17, 15) is 19.5 Å². The van der Waals surface area contributed by atoms with Crippen LogP contribution in [-0.2, 0) is 28.6 Å². The Kier molecular flexibility index (Phi) is 41.0. The van der Waals surface area contributed by atoms with Gasteiger partial charge < -0.3 is 23.8 Å². The van der Waals surface area contributed by atoms with E-state index < -0.39 is 18.1 Å². The topological polar surface area (TPSA) is 99.1 Å². The van der Waals surface area contributed by atoms with Crippen LogP contribution in [0.2, 0.25) is 0 Å². The Labute approximate surface area is 369 Å². The van der Waals surface area contributed by atoms with Crippen LogP contribution in [0.1, 0.15) is 213 Å². The summed E-state index contributed by atoms with van der Waals surface area (Å²) < 4.78 is 17.3. The highest BCUT2D eigenvalue weighted by molar-refractivity contribution is 5.72. The third kappa shape index (κ3) is 40.7. The van der Waals surface area contributed by atoms with E-state index in [0.717, 1.165) is 77.0 Å². The number of hydrogen-bond donors (Lipinski definition) is 1. The molecule has 2 atom stereocenters. The van der Waals surface area contributed by atoms with E-state index >= 15 is 0 Å². The van der Waals surface area contributed by atoms with Gasteiger partial charge in [-0.05, 0) is 64.2 Å². The Morgan fingerprint density at radius 2 is 0.900 bits per heavy atom. The number of carboxylic acids is 1. The highest BCUT2D eigenvalue weighted by atomic mass is 16.6. The van der Waals surface area contributed by atoms with Crippen LogP contribution in [0, 0.1) is 0 Å². The van der Waals surface area contributed by atoms with Gasteiger partial charge in [-0.3, -0.25) is 9.59 Å². The monoisotopic (exact) mass is 845 g/mol. The maximum atomic E-state index is 12.8. The van der Waals surface area contributed by atoms with Gasteiger partial charge in [0.05, 0.1) is 34.4 Å². The fourth-order valence-electron chi connectivity index (χ4n) is 7.15. The van der Waals surface area contributed by atoms with Crippen molar-refractivity contribution in [1.29, 1.82) is 0 Å². The lowest BCUT2D eigenvalue weighted by Gasteiger charge is -2.31. The van der Waals surface area contributed by atoms with Crippen LogP contribution >= 0.6 is 0 Å². The van der Waals surface area contributed by atoms with Crippen LogP contribution in [0.25, 0.3) is 0 Å². The summed E-state index contributed by atoms with van der Waals surface area (Å²) >= 11 is 0. The second-order valence-corrected chi connectivity index (χ2v) is 17.8. The van der Waals surface area contributed by atoms with Crippen molar-refractivity contribution in [3.63, 3.8) is 0 Å². The zero-order valence-electron chi connectivity index (χ0n) is 39.7. The Bertz CT molecular complexity index is 1120. The molecule has 8 heteroatoms. The van der Waals surface area contributed by atoms with E-state index in [1.807, 2.05) is 21.1 Å². The number of carbonyl (C=O) groups excluding carboxylic acids is 2. The fraction of sp³-hybridized carbons (Fsp3) is 0.788. The fourth-order valence-corrected chi connectivity index (χ4v) is 7.15. The summed E-state index contributed by atoms with van der Waals surface area (Å²) in [5.41, 5.74) is 0. The molecule has 2 unspecified atom stereocenters. The Hall–Kier alpha value is -2.71. The van der Waals surface area contributed by atoms with Crippen LogP contribution in [0.4, 0.5) is 0 Å². The zero-order chi connectivity index (χ0) is 44.2. The molecule has 60 heavy (non-hydrogen) atoms. The molecule has 0 spiro atoms. The minimum absolute atomic E-state index is 0.0499. The van der Waals surface area contributed by atoms with E-state index in [1.165, 1.54) is 103 Å². The third-order valence-electron chi connectivity index (χ3n) is 11.0. The number of carboxylic acid groups (broad SMARTS) is 1. The second kappa shape index (κ2) is 43.0. The number of ether oxygens (including phenoxy) is 3. The summed E-state index contributed by atoms with van der Waals surface area (Å²) in [6, 6.07) is -0.621. The molecule has 0 radical (unpaired) electrons. The molecule has 0 saturated carbocycles. The number of likely N-dealkylation sites (N-methyl/N-ethyl adjacent to an activating group) is 1. The predicted molar refractivity (Wildman–Crippen MR) is 252 cm³/mol. The van der Waals surface area contributed by atoms with Gasteiger partial charge in [-0.25, -0.2) is 4.79 Å². The zero-order valence-corrected chi connectivity index (χ0v) is 39.7. The lowest BCUT2D eigenvalue weighted by molar-refractivity contribution is -0.887. The van der Waals surface area contributed by atoms with Gasteiger partial charge in [-0.2, -0.15) is 0 Å². The molecule has 0 aliphatic rings. The summed E-state index contributed by atoms with van der Waals surface area (Å²) in [6.07, 6.45) is 51.5. The van der Waals surface area contributed by atoms with Gasteiger partial charge in [0.2, 0.25) is 0 Å². The van der Waals surface area contributed by atoms with Gasteiger partial charge in [-0.1, -0.05) is 178 Å². The van der Waals surface area contributed by atoms with E-state index in [2.05, 4.69) is 62.5 Å². The first-order valence-corrected chi connectivity index (χ1v) is 24.7. The summed E-state index contributed by atoms with van der Waals surface area (Å²) in [7, 11) is 5.52. The molecule has 0 bridgehead atoms. The number of allylic oxidation sites excluding steroid dienone is 8. The maximum Gasteiger partial charge on any atom is 0.362 e. The molecule has 0 aromatic heterocycles. The highest BCUT2D eigenvalue weighted by Crippen LogP contribution is 2.14. The second-order valence-electron chi connectivity index (χ2n) is 17.8. The average molecular weight is 845 g/mol. The number of aliphatic carboxylic acids is 1. The van der Waals surface area contributed by atoms with Crippen molar-refractivity contribution in [2.75, 3.05) is 41.0 Å². The van der Waals surface area contributed by atoms with Crippen molar-refractivity contribution < 1.29 is 38.2 Å². The minimum Gasteiger partial charge on any atom is -0.477 e. The molecule has 0 amide bonds. The highest BCUT2D eigenvalue weighted by Gasteiger charge is 2.31.